The molecule has 0 fully saturated rings. The Balaban J connectivity index is 1.27. The number of carbonyl (C=O) groups is 3. The number of aromatic hydroxyl groups is 1. The van der Waals surface area contributed by atoms with Crippen molar-refractivity contribution in [3.05, 3.63) is 119 Å². The number of rotatable bonds is 12. The number of phenolic OH excluding ortho intramolecular Hbond substituents is 1. The van der Waals surface area contributed by atoms with Crippen LogP contribution >= 0.6 is 23.1 Å². The summed E-state index contributed by atoms with van der Waals surface area (Å²) < 4.78 is 10.6. The zero-order chi connectivity index (χ0) is 34.0. The zero-order valence-corrected chi connectivity index (χ0v) is 27.9. The Morgan fingerprint density at radius 1 is 0.896 bits per heavy atom. The summed E-state index contributed by atoms with van der Waals surface area (Å²) in [5, 5.41) is 20.2. The van der Waals surface area contributed by atoms with Crippen LogP contribution in [0.4, 0.5) is 10.8 Å². The molecule has 0 aliphatic heterocycles. The Morgan fingerprint density at radius 2 is 1.67 bits per heavy atom. The Kier molecular flexibility index (Phi) is 11.1. The number of hydrogen-bond donors (Lipinski definition) is 4. The van der Waals surface area contributed by atoms with Crippen LogP contribution in [-0.2, 0) is 9.59 Å². The number of nitrogens with zero attached hydrogens (tertiary/aromatic N) is 1. The molecular formula is C36H32N4O6S2. The SMILES string of the molecule is COc1ccc(-c2csc(NC(=O)C(C)Sc3cccc(NC(=O)/C(=C\c4ccc(O)cc4OC)NC(=O)c4ccccc4)c3)n2)cc1. The maximum Gasteiger partial charge on any atom is 0.272 e. The summed E-state index contributed by atoms with van der Waals surface area (Å²) >= 11 is 2.66. The number of carbonyl (C=O) groups excluding carboxylic acids is 3. The molecule has 4 aromatic carbocycles. The largest absolute Gasteiger partial charge is 0.508 e. The van der Waals surface area contributed by atoms with E-state index in [1.54, 1.807) is 68.6 Å². The Bertz CT molecular complexity index is 1940. The summed E-state index contributed by atoms with van der Waals surface area (Å²) in [4.78, 5) is 44.9. The minimum Gasteiger partial charge on any atom is -0.508 e. The topological polar surface area (TPSA) is 139 Å². The summed E-state index contributed by atoms with van der Waals surface area (Å²) in [6.45, 7) is 1.79. The van der Waals surface area contributed by atoms with E-state index in [4.69, 9.17) is 9.47 Å². The molecule has 5 aromatic rings. The van der Waals surface area contributed by atoms with Crippen molar-refractivity contribution in [1.29, 1.82) is 0 Å². The van der Waals surface area contributed by atoms with Gasteiger partial charge in [0.25, 0.3) is 11.8 Å². The van der Waals surface area contributed by atoms with E-state index in [0.29, 0.717) is 27.7 Å². The highest BCUT2D eigenvalue weighted by molar-refractivity contribution is 8.00. The van der Waals surface area contributed by atoms with E-state index in [1.165, 1.54) is 48.4 Å². The third kappa shape index (κ3) is 8.81. The number of benzene rings is 4. The van der Waals surface area contributed by atoms with Crippen LogP contribution in [0.5, 0.6) is 17.2 Å². The van der Waals surface area contributed by atoms with Gasteiger partial charge in [-0.15, -0.1) is 23.1 Å². The number of aromatic nitrogens is 1. The number of hydrogen-bond acceptors (Lipinski definition) is 9. The van der Waals surface area contributed by atoms with Gasteiger partial charge in [-0.3, -0.25) is 14.4 Å². The van der Waals surface area contributed by atoms with Gasteiger partial charge in [-0.1, -0.05) is 24.3 Å². The van der Waals surface area contributed by atoms with Gasteiger partial charge >= 0.3 is 0 Å². The first-order valence-corrected chi connectivity index (χ1v) is 16.4. The van der Waals surface area contributed by atoms with E-state index in [-0.39, 0.29) is 17.4 Å². The van der Waals surface area contributed by atoms with E-state index >= 15 is 0 Å². The fourth-order valence-electron chi connectivity index (χ4n) is 4.45. The quantitative estimate of drug-likeness (QED) is 0.0812. The van der Waals surface area contributed by atoms with Crippen LogP contribution in [-0.4, -0.2) is 47.3 Å². The van der Waals surface area contributed by atoms with Crippen LogP contribution in [0.25, 0.3) is 17.3 Å². The maximum atomic E-state index is 13.6. The van der Waals surface area contributed by atoms with Gasteiger partial charge in [0, 0.05) is 38.7 Å². The number of thiazole rings is 1. The Hall–Kier alpha value is -5.59. The summed E-state index contributed by atoms with van der Waals surface area (Å²) in [5.41, 5.74) is 2.91. The number of anilines is 2. The second-order valence-corrected chi connectivity index (χ2v) is 12.6. The van der Waals surface area contributed by atoms with E-state index in [1.807, 2.05) is 35.7 Å². The minimum absolute atomic E-state index is 0.00879. The molecule has 0 bridgehead atoms. The molecular weight excluding hydrogens is 649 g/mol. The summed E-state index contributed by atoms with van der Waals surface area (Å²) in [7, 11) is 3.05. The normalized spacial score (nSPS) is 11.7. The first kappa shape index (κ1) is 33.8. The lowest BCUT2D eigenvalue weighted by Crippen LogP contribution is -2.30. The third-order valence-corrected chi connectivity index (χ3v) is 8.79. The summed E-state index contributed by atoms with van der Waals surface area (Å²) in [5.74, 6) is -0.227. The predicted octanol–water partition coefficient (Wildman–Crippen LogP) is 7.06. The second-order valence-electron chi connectivity index (χ2n) is 10.3. The number of nitrogens with one attached hydrogen (secondary N) is 3. The molecule has 0 radical (unpaired) electrons. The molecule has 12 heteroatoms. The number of ether oxygens (including phenoxy) is 2. The van der Waals surface area contributed by atoms with Crippen LogP contribution in [0.2, 0.25) is 0 Å². The Morgan fingerprint density at radius 3 is 2.40 bits per heavy atom. The lowest BCUT2D eigenvalue weighted by molar-refractivity contribution is -0.115. The van der Waals surface area contributed by atoms with Gasteiger partial charge in [-0.2, -0.15) is 0 Å². The molecule has 10 nitrogen and oxygen atoms in total. The predicted molar refractivity (Wildman–Crippen MR) is 190 cm³/mol. The van der Waals surface area contributed by atoms with E-state index in [2.05, 4.69) is 20.9 Å². The van der Waals surface area contributed by atoms with Crippen molar-refractivity contribution in [3.8, 4) is 28.5 Å². The molecule has 0 saturated carbocycles. The Labute approximate surface area is 285 Å². The molecule has 0 aliphatic carbocycles. The highest BCUT2D eigenvalue weighted by Crippen LogP contribution is 2.30. The number of phenols is 1. The van der Waals surface area contributed by atoms with Gasteiger partial charge in [0.2, 0.25) is 5.91 Å². The van der Waals surface area contributed by atoms with E-state index in [9.17, 15) is 19.5 Å². The molecule has 1 atom stereocenters. The van der Waals surface area contributed by atoms with E-state index in [0.717, 1.165) is 21.9 Å². The van der Waals surface area contributed by atoms with Gasteiger partial charge in [0.05, 0.1) is 25.2 Å². The van der Waals surface area contributed by atoms with Crippen molar-refractivity contribution in [2.75, 3.05) is 24.9 Å². The first-order chi connectivity index (χ1) is 23.2. The fourth-order valence-corrected chi connectivity index (χ4v) is 6.10. The highest BCUT2D eigenvalue weighted by atomic mass is 32.2. The third-order valence-electron chi connectivity index (χ3n) is 6.94. The smallest absolute Gasteiger partial charge is 0.272 e. The first-order valence-electron chi connectivity index (χ1n) is 14.7. The molecule has 3 amide bonds. The van der Waals surface area contributed by atoms with Crippen LogP contribution < -0.4 is 25.4 Å². The van der Waals surface area contributed by atoms with Gasteiger partial charge in [-0.25, -0.2) is 4.98 Å². The van der Waals surface area contributed by atoms with Gasteiger partial charge < -0.3 is 30.5 Å². The average Bonchev–Trinajstić information content (AvgIpc) is 3.57. The summed E-state index contributed by atoms with van der Waals surface area (Å²) in [6, 6.07) is 27.5. The minimum atomic E-state index is -0.584. The number of thioether (sulfide) groups is 1. The number of amides is 3. The molecule has 4 N–H and O–H groups in total. The van der Waals surface area contributed by atoms with Crippen molar-refractivity contribution in [3.63, 3.8) is 0 Å². The number of methoxy groups -OCH3 is 2. The molecule has 0 saturated heterocycles. The maximum absolute atomic E-state index is 13.6. The molecule has 1 unspecified atom stereocenters. The van der Waals surface area contributed by atoms with Gasteiger partial charge in [-0.05, 0) is 79.7 Å². The van der Waals surface area contributed by atoms with Crippen molar-refractivity contribution >= 4 is 57.7 Å². The lowest BCUT2D eigenvalue weighted by Gasteiger charge is -2.14. The fraction of sp³-hybridized carbons (Fsp3) is 0.111. The average molecular weight is 681 g/mol. The van der Waals surface area contributed by atoms with Crippen molar-refractivity contribution in [2.24, 2.45) is 0 Å². The van der Waals surface area contributed by atoms with Gasteiger partial charge in [0.1, 0.15) is 22.9 Å². The molecule has 244 valence electrons. The monoisotopic (exact) mass is 680 g/mol. The van der Waals surface area contributed by atoms with Crippen LogP contribution in [0, 0.1) is 0 Å². The van der Waals surface area contributed by atoms with Crippen molar-refractivity contribution < 1.29 is 29.0 Å². The van der Waals surface area contributed by atoms with Crippen LogP contribution in [0.3, 0.4) is 0 Å². The summed E-state index contributed by atoms with van der Waals surface area (Å²) in [6.07, 6.45) is 1.47. The molecule has 1 heterocycles. The van der Waals surface area contributed by atoms with Crippen molar-refractivity contribution in [1.82, 2.24) is 10.3 Å². The van der Waals surface area contributed by atoms with Crippen LogP contribution in [0.15, 0.2) is 113 Å². The second kappa shape index (κ2) is 15.8. The van der Waals surface area contributed by atoms with Gasteiger partial charge in [0.15, 0.2) is 5.13 Å². The van der Waals surface area contributed by atoms with E-state index < -0.39 is 17.1 Å². The highest BCUT2D eigenvalue weighted by Gasteiger charge is 2.19. The lowest BCUT2D eigenvalue weighted by atomic mass is 10.1. The van der Waals surface area contributed by atoms with Crippen molar-refractivity contribution in [2.45, 2.75) is 17.1 Å². The standard InChI is InChI=1S/C36H32N4O6S2/c1-22(33(42)40-36-39-31(21-47-36)23-13-16-28(45-2)17-14-23)48-29-11-7-10-26(19-29)37-35(44)30(38-34(43)24-8-5-4-6-9-24)18-25-12-15-27(41)20-32(25)46-3/h4-22,41H,1-3H3,(H,37,44)(H,38,43)(H,39,40,42)/b30-18+. The molecule has 5 rings (SSSR count). The van der Waals surface area contributed by atoms with Crippen LogP contribution in [0.1, 0.15) is 22.8 Å². The zero-order valence-electron chi connectivity index (χ0n) is 26.2. The molecule has 0 aliphatic rings. The molecule has 1 aromatic heterocycles. The molecule has 0 spiro atoms. The molecule has 48 heavy (non-hydrogen) atoms.